The zero-order chi connectivity index (χ0) is 13.8. The number of ether oxygens (including phenoxy) is 1. The van der Waals surface area contributed by atoms with Crippen LogP contribution in [0.1, 0.15) is 18.1 Å². The number of hydrogen-bond donors (Lipinski definition) is 0. The molecule has 0 fully saturated rings. The largest absolute Gasteiger partial charge is 0.437 e. The van der Waals surface area contributed by atoms with E-state index in [0.717, 1.165) is 28.9 Å². The Morgan fingerprint density at radius 3 is 2.68 bits per heavy atom. The highest BCUT2D eigenvalue weighted by Gasteiger charge is 2.09. The van der Waals surface area contributed by atoms with Gasteiger partial charge in [0, 0.05) is 6.07 Å². The third kappa shape index (κ3) is 3.55. The fraction of sp³-hybridized carbons (Fsp3) is 0.200. The Bertz CT molecular complexity index is 594. The molecule has 0 atom stereocenters. The fourth-order valence-corrected chi connectivity index (χ4v) is 1.89. The Balaban J connectivity index is 2.32. The maximum absolute atomic E-state index is 5.82. The summed E-state index contributed by atoms with van der Waals surface area (Å²) in [6.07, 6.45) is 0.776. The summed E-state index contributed by atoms with van der Waals surface area (Å²) in [5.74, 6) is 1.24. The highest BCUT2D eigenvalue weighted by Crippen LogP contribution is 2.29. The topological polar surface area (TPSA) is 35.0 Å². The highest BCUT2D eigenvalue weighted by molar-refractivity contribution is 6.29. The molecule has 2 aromatic rings. The van der Waals surface area contributed by atoms with Crippen LogP contribution in [0.2, 0.25) is 5.15 Å². The smallest absolute Gasteiger partial charge is 0.238 e. The van der Waals surface area contributed by atoms with Crippen molar-refractivity contribution in [2.24, 2.45) is 0 Å². The van der Waals surface area contributed by atoms with Crippen LogP contribution in [-0.4, -0.2) is 10.2 Å². The monoisotopic (exact) mass is 274 g/mol. The molecule has 4 heteroatoms. The van der Waals surface area contributed by atoms with E-state index >= 15 is 0 Å². The number of halogens is 1. The lowest BCUT2D eigenvalue weighted by molar-refractivity contribution is 0.447. The van der Waals surface area contributed by atoms with Crippen molar-refractivity contribution >= 4 is 11.6 Å². The molecular weight excluding hydrogens is 260 g/mol. The van der Waals surface area contributed by atoms with Crippen molar-refractivity contribution in [2.45, 2.75) is 20.3 Å². The Labute approximate surface area is 117 Å². The summed E-state index contributed by atoms with van der Waals surface area (Å²) in [5.41, 5.74) is 3.22. The zero-order valence-corrected chi connectivity index (χ0v) is 11.7. The van der Waals surface area contributed by atoms with Crippen molar-refractivity contribution in [2.75, 3.05) is 0 Å². The van der Waals surface area contributed by atoms with E-state index in [2.05, 4.69) is 16.8 Å². The van der Waals surface area contributed by atoms with Gasteiger partial charge in [0.05, 0.1) is 0 Å². The summed E-state index contributed by atoms with van der Waals surface area (Å²) in [6.45, 7) is 7.93. The van der Waals surface area contributed by atoms with E-state index in [1.807, 2.05) is 32.0 Å². The average Bonchev–Trinajstić information content (AvgIpc) is 2.35. The third-order valence-corrected chi connectivity index (χ3v) is 2.80. The predicted octanol–water partition coefficient (Wildman–Crippen LogP) is 4.35. The van der Waals surface area contributed by atoms with Gasteiger partial charge in [-0.1, -0.05) is 42.0 Å². The summed E-state index contributed by atoms with van der Waals surface area (Å²) >= 11 is 5.71. The summed E-state index contributed by atoms with van der Waals surface area (Å²) in [7, 11) is 0. The van der Waals surface area contributed by atoms with Gasteiger partial charge in [-0.3, -0.25) is 0 Å². The van der Waals surface area contributed by atoms with E-state index in [-0.39, 0.29) is 0 Å². The molecule has 0 aliphatic heterocycles. The second-order valence-electron chi connectivity index (χ2n) is 4.49. The fourth-order valence-electron chi connectivity index (χ4n) is 1.79. The zero-order valence-electron chi connectivity index (χ0n) is 11.0. The van der Waals surface area contributed by atoms with Gasteiger partial charge in [0.1, 0.15) is 5.75 Å². The van der Waals surface area contributed by atoms with Crippen molar-refractivity contribution < 1.29 is 4.74 Å². The molecule has 1 aromatic carbocycles. The van der Waals surface area contributed by atoms with E-state index in [9.17, 15) is 0 Å². The Kier molecular flexibility index (Phi) is 4.17. The van der Waals surface area contributed by atoms with Gasteiger partial charge in [-0.15, -0.1) is 10.2 Å². The van der Waals surface area contributed by atoms with E-state index in [1.165, 1.54) is 0 Å². The molecule has 3 nitrogen and oxygen atoms in total. The third-order valence-electron chi connectivity index (χ3n) is 2.60. The highest BCUT2D eigenvalue weighted by atomic mass is 35.5. The molecule has 2 rings (SSSR count). The van der Waals surface area contributed by atoms with Crippen LogP contribution in [0.15, 0.2) is 42.5 Å². The molecule has 0 amide bonds. The molecule has 0 saturated carbocycles. The summed E-state index contributed by atoms with van der Waals surface area (Å²) in [4.78, 5) is 0. The lowest BCUT2D eigenvalue weighted by Crippen LogP contribution is -1.97. The number of rotatable bonds is 4. The molecule has 1 heterocycles. The van der Waals surface area contributed by atoms with Crippen LogP contribution in [-0.2, 0) is 6.42 Å². The minimum atomic E-state index is 0.347. The molecule has 0 bridgehead atoms. The normalized spacial score (nSPS) is 10.3. The maximum atomic E-state index is 5.82. The molecule has 0 N–H and O–H groups in total. The molecule has 0 aliphatic carbocycles. The van der Waals surface area contributed by atoms with E-state index in [4.69, 9.17) is 16.3 Å². The first kappa shape index (κ1) is 13.6. The quantitative estimate of drug-likeness (QED) is 0.778. The Hall–Kier alpha value is -1.87. The van der Waals surface area contributed by atoms with Crippen LogP contribution in [0, 0.1) is 6.92 Å². The Morgan fingerprint density at radius 1 is 1.26 bits per heavy atom. The van der Waals surface area contributed by atoms with Gasteiger partial charge in [-0.05, 0) is 37.5 Å². The molecular formula is C15H15ClN2O. The van der Waals surface area contributed by atoms with Gasteiger partial charge in [0.15, 0.2) is 5.15 Å². The number of nitrogens with zero attached hydrogens (tertiary/aromatic N) is 2. The molecule has 19 heavy (non-hydrogen) atoms. The van der Waals surface area contributed by atoms with Crippen molar-refractivity contribution in [1.29, 1.82) is 0 Å². The first-order valence-electron chi connectivity index (χ1n) is 5.96. The van der Waals surface area contributed by atoms with Crippen LogP contribution in [0.4, 0.5) is 0 Å². The summed E-state index contributed by atoms with van der Waals surface area (Å²) in [5, 5.41) is 8.02. The van der Waals surface area contributed by atoms with Crippen LogP contribution < -0.4 is 4.74 Å². The number of benzene rings is 1. The van der Waals surface area contributed by atoms with E-state index in [0.29, 0.717) is 11.0 Å². The van der Waals surface area contributed by atoms with E-state index in [1.54, 1.807) is 12.1 Å². The predicted molar refractivity (Wildman–Crippen MR) is 76.8 cm³/mol. The molecule has 0 unspecified atom stereocenters. The number of allylic oxidation sites excluding steroid dienone is 1. The molecule has 0 saturated heterocycles. The van der Waals surface area contributed by atoms with Crippen LogP contribution in [0.25, 0.3) is 0 Å². The number of aryl methyl sites for hydroxylation is 1. The molecule has 0 radical (unpaired) electrons. The number of hydrogen-bond acceptors (Lipinski definition) is 3. The van der Waals surface area contributed by atoms with Gasteiger partial charge in [0.2, 0.25) is 5.88 Å². The SMILES string of the molecule is C=C(C)Cc1cccc(C)c1Oc1ccc(Cl)nn1. The summed E-state index contributed by atoms with van der Waals surface area (Å²) in [6, 6.07) is 9.39. The van der Waals surface area contributed by atoms with Gasteiger partial charge in [-0.2, -0.15) is 0 Å². The lowest BCUT2D eigenvalue weighted by Gasteiger charge is -2.12. The first-order valence-corrected chi connectivity index (χ1v) is 6.34. The average molecular weight is 275 g/mol. The van der Waals surface area contributed by atoms with Gasteiger partial charge >= 0.3 is 0 Å². The number of aromatic nitrogens is 2. The molecule has 98 valence electrons. The van der Waals surface area contributed by atoms with Crippen LogP contribution in [0.3, 0.4) is 0 Å². The standard InChI is InChI=1S/C15H15ClN2O/c1-10(2)9-12-6-4-5-11(3)15(12)19-14-8-7-13(16)17-18-14/h4-8H,1,9H2,2-3H3. The minimum Gasteiger partial charge on any atom is -0.437 e. The summed E-state index contributed by atoms with van der Waals surface area (Å²) < 4.78 is 5.82. The Morgan fingerprint density at radius 2 is 2.05 bits per heavy atom. The molecule has 0 aliphatic rings. The van der Waals surface area contributed by atoms with Crippen molar-refractivity contribution in [3.8, 4) is 11.6 Å². The minimum absolute atomic E-state index is 0.347. The maximum Gasteiger partial charge on any atom is 0.238 e. The molecule has 1 aromatic heterocycles. The second-order valence-corrected chi connectivity index (χ2v) is 4.88. The van der Waals surface area contributed by atoms with Gasteiger partial charge in [-0.25, -0.2) is 0 Å². The van der Waals surface area contributed by atoms with E-state index < -0.39 is 0 Å². The molecule has 0 spiro atoms. The van der Waals surface area contributed by atoms with Gasteiger partial charge < -0.3 is 4.74 Å². The lowest BCUT2D eigenvalue weighted by atomic mass is 10.0. The van der Waals surface area contributed by atoms with Crippen LogP contribution >= 0.6 is 11.6 Å². The number of para-hydroxylation sites is 1. The first-order chi connectivity index (χ1) is 9.06. The van der Waals surface area contributed by atoms with Crippen molar-refractivity contribution in [3.63, 3.8) is 0 Å². The van der Waals surface area contributed by atoms with Crippen LogP contribution in [0.5, 0.6) is 11.6 Å². The van der Waals surface area contributed by atoms with Gasteiger partial charge in [0.25, 0.3) is 0 Å². The van der Waals surface area contributed by atoms with Crippen molar-refractivity contribution in [1.82, 2.24) is 10.2 Å². The van der Waals surface area contributed by atoms with Crippen molar-refractivity contribution in [3.05, 3.63) is 58.8 Å². The second kappa shape index (κ2) is 5.85.